The van der Waals surface area contributed by atoms with Crippen molar-refractivity contribution in [1.82, 2.24) is 54.1 Å². The van der Waals surface area contributed by atoms with Crippen molar-refractivity contribution in [3.05, 3.63) is 34.9 Å². The van der Waals surface area contributed by atoms with Gasteiger partial charge >= 0.3 is 11.9 Å². The zero-order valence-corrected chi connectivity index (χ0v) is 29.8. The molecule has 0 spiro atoms. The maximum Gasteiger partial charge on any atom is 0.343 e. The monoisotopic (exact) mass is 704 g/mol. The van der Waals surface area contributed by atoms with E-state index in [9.17, 15) is 9.59 Å². The summed E-state index contributed by atoms with van der Waals surface area (Å²) in [5, 5.41) is 26.3. The Balaban J connectivity index is 1.59. The molecule has 5 aromatic rings. The fourth-order valence-corrected chi connectivity index (χ4v) is 4.84. The van der Waals surface area contributed by atoms with Gasteiger partial charge in [-0.2, -0.15) is 44.7 Å². The van der Waals surface area contributed by atoms with Gasteiger partial charge < -0.3 is 26.7 Å². The van der Waals surface area contributed by atoms with Crippen molar-refractivity contribution in [2.24, 2.45) is 24.3 Å². The lowest BCUT2D eigenvalue weighted by molar-refractivity contribution is 0.0592. The van der Waals surface area contributed by atoms with Gasteiger partial charge in [0.25, 0.3) is 11.9 Å². The predicted octanol–water partition coefficient (Wildman–Crippen LogP) is 2.48. The molecule has 0 aliphatic rings. The van der Waals surface area contributed by atoms with E-state index in [2.05, 4.69) is 51.3 Å². The van der Waals surface area contributed by atoms with Crippen molar-refractivity contribution >= 4 is 52.5 Å². The summed E-state index contributed by atoms with van der Waals surface area (Å²) in [6.07, 6.45) is 2.70. The van der Waals surface area contributed by atoms with Crippen LogP contribution < -0.4 is 28.1 Å². The number of hydrogen-bond acceptors (Lipinski definition) is 18. The Morgan fingerprint density at radius 1 is 0.725 bits per heavy atom. The molecular weight excluding hydrogens is 664 g/mol. The summed E-state index contributed by atoms with van der Waals surface area (Å²) >= 11 is 0. The molecule has 22 nitrogen and oxygen atoms in total. The number of nitrogens with zero attached hydrogens (tertiary/aromatic N) is 13. The minimum absolute atomic E-state index is 0.0231. The van der Waals surface area contributed by atoms with Crippen LogP contribution in [0.3, 0.4) is 0 Å². The van der Waals surface area contributed by atoms with Gasteiger partial charge in [-0.05, 0) is 0 Å². The van der Waals surface area contributed by atoms with Crippen LogP contribution in [0.25, 0.3) is 11.9 Å². The van der Waals surface area contributed by atoms with E-state index in [4.69, 9.17) is 31.8 Å². The molecule has 0 aliphatic heterocycles. The lowest BCUT2D eigenvalue weighted by Crippen LogP contribution is -2.20. The molecule has 0 amide bonds. The number of carbonyl (C=O) groups excluding carboxylic acids is 2. The van der Waals surface area contributed by atoms with Crippen molar-refractivity contribution in [3.8, 4) is 11.9 Å². The second-order valence-electron chi connectivity index (χ2n) is 13.3. The van der Waals surface area contributed by atoms with Crippen LogP contribution in [0.2, 0.25) is 0 Å². The van der Waals surface area contributed by atoms with E-state index in [-0.39, 0.29) is 52.1 Å². The summed E-state index contributed by atoms with van der Waals surface area (Å²) < 4.78 is 15.1. The molecule has 0 saturated carbocycles. The molecule has 0 unspecified atom stereocenters. The smallest absolute Gasteiger partial charge is 0.343 e. The van der Waals surface area contributed by atoms with Crippen molar-refractivity contribution in [3.63, 3.8) is 0 Å². The fourth-order valence-electron chi connectivity index (χ4n) is 4.84. The van der Waals surface area contributed by atoms with Crippen molar-refractivity contribution in [1.29, 1.82) is 0 Å². The summed E-state index contributed by atoms with van der Waals surface area (Å²) in [6, 6.07) is 0. The topological polar surface area (TPSA) is 289 Å². The first-order valence-corrected chi connectivity index (χ1v) is 15.3. The number of methoxy groups -OCH3 is 2. The van der Waals surface area contributed by atoms with Gasteiger partial charge in [-0.1, -0.05) is 41.5 Å². The molecule has 0 aromatic carbocycles. The third kappa shape index (κ3) is 6.69. The lowest BCUT2D eigenvalue weighted by atomic mass is 9.91. The first-order valence-electron chi connectivity index (χ1n) is 15.3. The number of azo groups is 1. The Bertz CT molecular complexity index is 2160. The molecule has 0 aliphatic carbocycles. The van der Waals surface area contributed by atoms with Crippen LogP contribution >= 0.6 is 0 Å². The van der Waals surface area contributed by atoms with E-state index in [1.54, 1.807) is 14.1 Å². The number of carbonyl (C=O) groups is 2. The zero-order chi connectivity index (χ0) is 37.6. The summed E-state index contributed by atoms with van der Waals surface area (Å²) in [5.74, 6) is -0.908. The van der Waals surface area contributed by atoms with Gasteiger partial charge in [0.2, 0.25) is 5.95 Å². The van der Waals surface area contributed by atoms with Crippen LogP contribution in [0.1, 0.15) is 73.6 Å². The number of ether oxygens (including phenoxy) is 2. The number of hydrazine groups is 1. The maximum atomic E-state index is 12.3. The molecule has 5 aromatic heterocycles. The number of aromatic nitrogens is 11. The third-order valence-electron chi connectivity index (χ3n) is 7.45. The van der Waals surface area contributed by atoms with Gasteiger partial charge in [0, 0.05) is 24.9 Å². The van der Waals surface area contributed by atoms with Gasteiger partial charge in [0.1, 0.15) is 16.8 Å². The summed E-state index contributed by atoms with van der Waals surface area (Å²) in [6.45, 7) is 11.6. The minimum Gasteiger partial charge on any atom is -0.465 e. The molecule has 5 rings (SSSR count). The first kappa shape index (κ1) is 35.7. The SMILES string of the molecule is COC(=O)c1cnn(C)c1N=Nc1c(C(C)(C)C)nn(-c2nc(N)nc(-n3nc(C(C)(C)C)c(NNc4c(C(=O)OC)cnn4C)c3N)n2)c1N. The number of nitrogens with one attached hydrogen (secondary N) is 2. The molecule has 22 heteroatoms. The lowest BCUT2D eigenvalue weighted by Gasteiger charge is -2.19. The molecule has 0 saturated heterocycles. The van der Waals surface area contributed by atoms with Gasteiger partial charge in [-0.25, -0.2) is 14.3 Å². The highest BCUT2D eigenvalue weighted by Gasteiger charge is 2.31. The summed E-state index contributed by atoms with van der Waals surface area (Å²) in [5.41, 5.74) is 26.2. The molecular formula is C29H40N18O4. The molecule has 0 atom stereocenters. The number of rotatable bonds is 9. The van der Waals surface area contributed by atoms with E-state index >= 15 is 0 Å². The second-order valence-corrected chi connectivity index (χ2v) is 13.3. The number of hydrogen-bond donors (Lipinski definition) is 5. The highest BCUT2D eigenvalue weighted by molar-refractivity contribution is 5.95. The predicted molar refractivity (Wildman–Crippen MR) is 185 cm³/mol. The number of aryl methyl sites for hydroxylation is 2. The van der Waals surface area contributed by atoms with E-state index in [1.807, 2.05) is 41.5 Å². The van der Waals surface area contributed by atoms with Crippen LogP contribution in [-0.4, -0.2) is 80.2 Å². The number of anilines is 5. The van der Waals surface area contributed by atoms with Crippen molar-refractivity contribution in [2.45, 2.75) is 52.4 Å². The molecule has 8 N–H and O–H groups in total. The minimum atomic E-state index is -0.630. The molecule has 0 fully saturated rings. The second kappa shape index (κ2) is 13.0. The largest absolute Gasteiger partial charge is 0.465 e. The van der Waals surface area contributed by atoms with Gasteiger partial charge in [0.05, 0.1) is 38.0 Å². The Labute approximate surface area is 291 Å². The van der Waals surface area contributed by atoms with Crippen LogP contribution in [0, 0.1) is 0 Å². The molecule has 0 bridgehead atoms. The summed E-state index contributed by atoms with van der Waals surface area (Å²) in [4.78, 5) is 37.8. The Morgan fingerprint density at radius 3 is 1.84 bits per heavy atom. The van der Waals surface area contributed by atoms with E-state index in [0.717, 1.165) is 0 Å². The average Bonchev–Trinajstić information content (AvgIpc) is 3.80. The van der Waals surface area contributed by atoms with E-state index < -0.39 is 22.8 Å². The van der Waals surface area contributed by atoms with Crippen LogP contribution in [0.15, 0.2) is 22.6 Å². The highest BCUT2D eigenvalue weighted by Crippen LogP contribution is 2.38. The maximum absolute atomic E-state index is 12.3. The first-order chi connectivity index (χ1) is 23.9. The Morgan fingerprint density at radius 2 is 1.25 bits per heavy atom. The average molecular weight is 705 g/mol. The Hall–Kier alpha value is -6.61. The molecule has 0 radical (unpaired) electrons. The van der Waals surface area contributed by atoms with Gasteiger partial charge in [-0.15, -0.1) is 10.2 Å². The van der Waals surface area contributed by atoms with Crippen molar-refractivity contribution in [2.75, 3.05) is 42.3 Å². The third-order valence-corrected chi connectivity index (χ3v) is 7.45. The van der Waals surface area contributed by atoms with E-state index in [0.29, 0.717) is 22.9 Å². The van der Waals surface area contributed by atoms with Gasteiger partial charge in [-0.3, -0.25) is 15.5 Å². The zero-order valence-electron chi connectivity index (χ0n) is 29.8. The number of nitrogens with two attached hydrogens (primary N) is 3. The standard InChI is InChI=1S/C29H40N18O4/c1-28(2,3)17-15(38-40-21-13(23(48)50-9)11-33-44(21)7)19(30)46(42-17)26-35-25(32)36-27(37-26)47-20(31)16(18(43-47)29(4,5)6)39-41-22-14(24(49)51-10)12-34-45(22)8/h11-12,38,40H,30-31H2,1-10H3,(H2,32,35,36,37). The van der Waals surface area contributed by atoms with Crippen LogP contribution in [0.4, 0.5) is 40.6 Å². The Kier molecular flexibility index (Phi) is 9.11. The summed E-state index contributed by atoms with van der Waals surface area (Å²) in [7, 11) is 5.79. The molecule has 270 valence electrons. The van der Waals surface area contributed by atoms with Crippen LogP contribution in [0.5, 0.6) is 0 Å². The molecule has 5 heterocycles. The van der Waals surface area contributed by atoms with Crippen LogP contribution in [-0.2, 0) is 34.4 Å². The quantitative estimate of drug-likeness (QED) is 0.0836. The normalized spacial score (nSPS) is 12.0. The number of esters is 2. The fraction of sp³-hybridized carbons (Fsp3) is 0.414. The van der Waals surface area contributed by atoms with Gasteiger partial charge in [0.15, 0.2) is 29.0 Å². The molecule has 51 heavy (non-hydrogen) atoms. The highest BCUT2D eigenvalue weighted by atomic mass is 16.5. The number of nitrogen functional groups attached to an aromatic ring is 3. The van der Waals surface area contributed by atoms with Crippen molar-refractivity contribution < 1.29 is 19.1 Å². The van der Waals surface area contributed by atoms with E-state index in [1.165, 1.54) is 45.3 Å².